The lowest BCUT2D eigenvalue weighted by molar-refractivity contribution is -0.124. The minimum atomic E-state index is -0.744. The third kappa shape index (κ3) is 5.61. The van der Waals surface area contributed by atoms with Crippen molar-refractivity contribution in [2.45, 2.75) is 32.4 Å². The Kier molecular flexibility index (Phi) is 7.11. The van der Waals surface area contributed by atoms with Crippen LogP contribution in [0.1, 0.15) is 44.9 Å². The van der Waals surface area contributed by atoms with Crippen molar-refractivity contribution in [1.82, 2.24) is 15.5 Å². The highest BCUT2D eigenvalue weighted by Crippen LogP contribution is 2.33. The number of hydrogen-bond donors (Lipinski definition) is 2. The van der Waals surface area contributed by atoms with Crippen molar-refractivity contribution in [3.8, 4) is 11.5 Å². The minimum Gasteiger partial charge on any atom is -0.467 e. The zero-order valence-electron chi connectivity index (χ0n) is 20.6. The highest BCUT2D eigenvalue weighted by Gasteiger charge is 2.34. The van der Waals surface area contributed by atoms with Gasteiger partial charge in [-0.2, -0.15) is 0 Å². The molecule has 1 fully saturated rings. The average Bonchev–Trinajstić information content (AvgIpc) is 3.62. The molecule has 2 N–H and O–H groups in total. The second-order valence-corrected chi connectivity index (χ2v) is 9.31. The number of hydrogen-bond acceptors (Lipinski definition) is 6. The van der Waals surface area contributed by atoms with Crippen molar-refractivity contribution < 1.29 is 28.3 Å². The van der Waals surface area contributed by atoms with Gasteiger partial charge in [-0.05, 0) is 68.1 Å². The second-order valence-electron chi connectivity index (χ2n) is 9.31. The third-order valence-electron chi connectivity index (χ3n) is 6.82. The first-order chi connectivity index (χ1) is 18.0. The first kappa shape index (κ1) is 24.4. The molecule has 0 radical (unpaired) electrons. The van der Waals surface area contributed by atoms with E-state index in [1.54, 1.807) is 53.6 Å². The maximum Gasteiger partial charge on any atom is 0.253 e. The fourth-order valence-electron chi connectivity index (χ4n) is 4.67. The lowest BCUT2D eigenvalue weighted by Gasteiger charge is -2.36. The van der Waals surface area contributed by atoms with Crippen LogP contribution >= 0.6 is 0 Å². The summed E-state index contributed by atoms with van der Waals surface area (Å²) < 4.78 is 16.0. The molecule has 0 aliphatic carbocycles. The van der Waals surface area contributed by atoms with Crippen LogP contribution in [0, 0.1) is 12.8 Å². The second kappa shape index (κ2) is 10.8. The van der Waals surface area contributed by atoms with E-state index >= 15 is 0 Å². The van der Waals surface area contributed by atoms with Gasteiger partial charge in [0.15, 0.2) is 11.5 Å². The molecule has 2 aliphatic rings. The number of likely N-dealkylation sites (tertiary alicyclic amines) is 1. The summed E-state index contributed by atoms with van der Waals surface area (Å²) in [5.74, 6) is 0.998. The van der Waals surface area contributed by atoms with E-state index in [0.29, 0.717) is 54.3 Å². The summed E-state index contributed by atoms with van der Waals surface area (Å²) in [6, 6.07) is 15.2. The molecule has 2 aromatic carbocycles. The monoisotopic (exact) mass is 503 g/mol. The topological polar surface area (TPSA) is 110 Å². The first-order valence-electron chi connectivity index (χ1n) is 12.3. The van der Waals surface area contributed by atoms with Crippen molar-refractivity contribution in [2.24, 2.45) is 5.92 Å². The number of fused-ring (bicyclic) bond motifs is 1. The van der Waals surface area contributed by atoms with Crippen molar-refractivity contribution >= 4 is 17.7 Å². The molecule has 3 heterocycles. The molecule has 37 heavy (non-hydrogen) atoms. The molecular formula is C28H29N3O6. The molecule has 3 aromatic rings. The van der Waals surface area contributed by atoms with Gasteiger partial charge >= 0.3 is 0 Å². The summed E-state index contributed by atoms with van der Waals surface area (Å²) in [6.45, 7) is 3.27. The van der Waals surface area contributed by atoms with Crippen LogP contribution in [0.2, 0.25) is 0 Å². The Balaban J connectivity index is 1.25. The number of carbonyl (C=O) groups is 3. The van der Waals surface area contributed by atoms with Crippen LogP contribution in [0.15, 0.2) is 65.3 Å². The SMILES string of the molecule is Cc1ccc(C(=O)N[C@H](C(=O)NCc2ccco2)C2CCN(C(=O)c3ccc4c(c3)OCO4)CC2)cc1. The van der Waals surface area contributed by atoms with Crippen LogP contribution < -0.4 is 20.1 Å². The molecule has 5 rings (SSSR count). The lowest BCUT2D eigenvalue weighted by Crippen LogP contribution is -2.53. The van der Waals surface area contributed by atoms with Gasteiger partial charge in [-0.25, -0.2) is 0 Å². The number of nitrogens with one attached hydrogen (secondary N) is 2. The molecular weight excluding hydrogens is 474 g/mol. The van der Waals surface area contributed by atoms with Gasteiger partial charge in [-0.1, -0.05) is 17.7 Å². The summed E-state index contributed by atoms with van der Waals surface area (Å²) in [6.07, 6.45) is 2.69. The number of amides is 3. The van der Waals surface area contributed by atoms with Gasteiger partial charge in [-0.3, -0.25) is 14.4 Å². The maximum absolute atomic E-state index is 13.2. The predicted octanol–water partition coefficient (Wildman–Crippen LogP) is 3.28. The molecule has 0 unspecified atom stereocenters. The molecule has 0 saturated carbocycles. The number of rotatable bonds is 7. The van der Waals surface area contributed by atoms with E-state index in [1.165, 1.54) is 0 Å². The predicted molar refractivity (Wildman–Crippen MR) is 134 cm³/mol. The van der Waals surface area contributed by atoms with Gasteiger partial charge in [0.05, 0.1) is 12.8 Å². The standard InChI is InChI=1S/C28H29N3O6/c1-18-4-6-20(7-5-18)26(32)30-25(27(33)29-16-22-3-2-14-35-22)19-10-12-31(13-11-19)28(34)21-8-9-23-24(15-21)37-17-36-23/h2-9,14-15,19,25H,10-13,16-17H2,1H3,(H,29,33)(H,30,32)/t25-/m0/s1. The summed E-state index contributed by atoms with van der Waals surface area (Å²) >= 11 is 0. The van der Waals surface area contributed by atoms with Crippen LogP contribution in [-0.2, 0) is 11.3 Å². The molecule has 1 aromatic heterocycles. The number of benzene rings is 2. The van der Waals surface area contributed by atoms with Crippen molar-refractivity contribution in [3.05, 3.63) is 83.3 Å². The van der Waals surface area contributed by atoms with Gasteiger partial charge < -0.3 is 29.4 Å². The number of piperidine rings is 1. The molecule has 192 valence electrons. The van der Waals surface area contributed by atoms with Crippen molar-refractivity contribution in [2.75, 3.05) is 19.9 Å². The summed E-state index contributed by atoms with van der Waals surface area (Å²) in [5, 5.41) is 5.82. The Labute approximate surface area is 214 Å². The Morgan fingerprint density at radius 3 is 2.43 bits per heavy atom. The van der Waals surface area contributed by atoms with E-state index < -0.39 is 6.04 Å². The fraction of sp³-hybridized carbons (Fsp3) is 0.321. The maximum atomic E-state index is 13.2. The number of carbonyl (C=O) groups excluding carboxylic acids is 3. The van der Waals surface area contributed by atoms with Gasteiger partial charge in [0.2, 0.25) is 12.7 Å². The molecule has 9 heteroatoms. The molecule has 9 nitrogen and oxygen atoms in total. The Bertz CT molecular complexity index is 1260. The molecule has 0 spiro atoms. The van der Waals surface area contributed by atoms with Gasteiger partial charge in [-0.15, -0.1) is 0 Å². The molecule has 1 saturated heterocycles. The van der Waals surface area contributed by atoms with Crippen molar-refractivity contribution in [1.29, 1.82) is 0 Å². The highest BCUT2D eigenvalue weighted by atomic mass is 16.7. The zero-order valence-corrected chi connectivity index (χ0v) is 20.6. The third-order valence-corrected chi connectivity index (χ3v) is 6.82. The van der Waals surface area contributed by atoms with E-state index in [2.05, 4.69) is 10.6 Å². The fourth-order valence-corrected chi connectivity index (χ4v) is 4.67. The molecule has 3 amide bonds. The minimum absolute atomic E-state index is 0.0979. The van der Waals surface area contributed by atoms with E-state index in [0.717, 1.165) is 5.56 Å². The van der Waals surface area contributed by atoms with Crippen LogP contribution in [0.4, 0.5) is 0 Å². The number of nitrogens with zero attached hydrogens (tertiary/aromatic N) is 1. The number of ether oxygens (including phenoxy) is 2. The van der Waals surface area contributed by atoms with Crippen LogP contribution in [0.25, 0.3) is 0 Å². The summed E-state index contributed by atoms with van der Waals surface area (Å²) in [7, 11) is 0. The average molecular weight is 504 g/mol. The highest BCUT2D eigenvalue weighted by molar-refractivity contribution is 5.98. The van der Waals surface area contributed by atoms with E-state index in [4.69, 9.17) is 13.9 Å². The molecule has 0 bridgehead atoms. The van der Waals surface area contributed by atoms with Crippen LogP contribution in [0.5, 0.6) is 11.5 Å². The number of furan rings is 1. The van der Waals surface area contributed by atoms with Crippen molar-refractivity contribution in [3.63, 3.8) is 0 Å². The zero-order chi connectivity index (χ0) is 25.8. The number of aryl methyl sites for hydroxylation is 1. The van der Waals surface area contributed by atoms with E-state index in [9.17, 15) is 14.4 Å². The largest absolute Gasteiger partial charge is 0.467 e. The van der Waals surface area contributed by atoms with Gasteiger partial charge in [0.1, 0.15) is 11.8 Å². The van der Waals surface area contributed by atoms with Gasteiger partial charge in [0.25, 0.3) is 11.8 Å². The smallest absolute Gasteiger partial charge is 0.253 e. The van der Waals surface area contributed by atoms with E-state index in [-0.39, 0.29) is 37.0 Å². The Hall–Kier alpha value is -4.27. The van der Waals surface area contributed by atoms with Crippen LogP contribution in [0.3, 0.4) is 0 Å². The lowest BCUT2D eigenvalue weighted by atomic mass is 9.88. The van der Waals surface area contributed by atoms with Gasteiger partial charge in [0, 0.05) is 24.2 Å². The quantitative estimate of drug-likeness (QED) is 0.512. The molecule has 1 atom stereocenters. The first-order valence-corrected chi connectivity index (χ1v) is 12.3. The Morgan fingerprint density at radius 1 is 0.973 bits per heavy atom. The summed E-state index contributed by atoms with van der Waals surface area (Å²) in [4.78, 5) is 41.1. The Morgan fingerprint density at radius 2 is 1.70 bits per heavy atom. The van der Waals surface area contributed by atoms with E-state index in [1.807, 2.05) is 19.1 Å². The normalized spacial score (nSPS) is 15.8. The molecule has 2 aliphatic heterocycles. The summed E-state index contributed by atoms with van der Waals surface area (Å²) in [5.41, 5.74) is 2.07. The van der Waals surface area contributed by atoms with Crippen LogP contribution in [-0.4, -0.2) is 48.5 Å².